The lowest BCUT2D eigenvalue weighted by molar-refractivity contribution is -0.124. The van der Waals surface area contributed by atoms with Crippen molar-refractivity contribution >= 4 is 41.9 Å². The first kappa shape index (κ1) is 22.9. The number of piperidine rings is 1. The molecule has 0 aliphatic carbocycles. The standard InChI is InChI=1S/C17H32N6O2.HI/c1-3-5-9-22-10-6-14(7-11-22)21-16(18-4-2)19-8-12-23-15(24)13-20-17(23)25;/h14H,3-13H2,1-2H3,(H,20,25)(H2,18,19,21);1H. The molecule has 26 heavy (non-hydrogen) atoms. The van der Waals surface area contributed by atoms with Gasteiger partial charge in [0.25, 0.3) is 0 Å². The van der Waals surface area contributed by atoms with Gasteiger partial charge in [0.1, 0.15) is 0 Å². The number of halogens is 1. The number of nitrogens with one attached hydrogen (secondary N) is 3. The van der Waals surface area contributed by atoms with E-state index >= 15 is 0 Å². The van der Waals surface area contributed by atoms with Crippen LogP contribution < -0.4 is 16.0 Å². The minimum atomic E-state index is -0.322. The number of imide groups is 1. The minimum absolute atomic E-state index is 0. The topological polar surface area (TPSA) is 89.1 Å². The summed E-state index contributed by atoms with van der Waals surface area (Å²) < 4.78 is 0. The third-order valence-corrected chi connectivity index (χ3v) is 4.63. The van der Waals surface area contributed by atoms with Crippen molar-refractivity contribution in [2.45, 2.75) is 45.6 Å². The Labute approximate surface area is 173 Å². The number of nitrogens with zero attached hydrogens (tertiary/aromatic N) is 3. The number of aliphatic imine (C=N–C) groups is 1. The normalized spacial score (nSPS) is 19.3. The zero-order chi connectivity index (χ0) is 18.1. The highest BCUT2D eigenvalue weighted by Gasteiger charge is 2.27. The maximum Gasteiger partial charge on any atom is 0.324 e. The molecule has 9 heteroatoms. The molecule has 0 aromatic heterocycles. The second-order valence-corrected chi connectivity index (χ2v) is 6.58. The molecule has 0 saturated carbocycles. The molecule has 2 heterocycles. The largest absolute Gasteiger partial charge is 0.357 e. The Hall–Kier alpha value is -1.10. The van der Waals surface area contributed by atoms with Crippen LogP contribution in [0.1, 0.15) is 39.5 Å². The molecule has 150 valence electrons. The molecule has 2 rings (SSSR count). The van der Waals surface area contributed by atoms with Crippen molar-refractivity contribution in [2.75, 3.05) is 45.8 Å². The molecule has 3 amide bonds. The Bertz CT molecular complexity index is 464. The average molecular weight is 480 g/mol. The third-order valence-electron chi connectivity index (χ3n) is 4.63. The Morgan fingerprint density at radius 1 is 1.23 bits per heavy atom. The van der Waals surface area contributed by atoms with Crippen LogP contribution in [-0.2, 0) is 4.79 Å². The maximum absolute atomic E-state index is 11.6. The fourth-order valence-electron chi connectivity index (χ4n) is 3.14. The van der Waals surface area contributed by atoms with E-state index in [4.69, 9.17) is 0 Å². The summed E-state index contributed by atoms with van der Waals surface area (Å²) in [5, 5.41) is 9.25. The number of hydrogen-bond donors (Lipinski definition) is 3. The molecule has 8 nitrogen and oxygen atoms in total. The Kier molecular flexibility index (Phi) is 10.9. The monoisotopic (exact) mass is 480 g/mol. The van der Waals surface area contributed by atoms with Crippen molar-refractivity contribution in [1.82, 2.24) is 25.8 Å². The molecule has 2 fully saturated rings. The Morgan fingerprint density at radius 2 is 1.96 bits per heavy atom. The molecule has 3 N–H and O–H groups in total. The number of carbonyl (C=O) groups excluding carboxylic acids is 2. The summed E-state index contributed by atoms with van der Waals surface area (Å²) in [5.74, 6) is 0.583. The lowest BCUT2D eigenvalue weighted by atomic mass is 10.0. The summed E-state index contributed by atoms with van der Waals surface area (Å²) in [5.41, 5.74) is 0. The summed E-state index contributed by atoms with van der Waals surface area (Å²) in [6, 6.07) is 0.102. The summed E-state index contributed by atoms with van der Waals surface area (Å²) in [7, 11) is 0. The molecular weight excluding hydrogens is 447 g/mol. The molecular formula is C17H33IN6O2. The van der Waals surface area contributed by atoms with Gasteiger partial charge in [0, 0.05) is 25.7 Å². The van der Waals surface area contributed by atoms with Crippen molar-refractivity contribution in [3.05, 3.63) is 0 Å². The lowest BCUT2D eigenvalue weighted by Crippen LogP contribution is -2.49. The second-order valence-electron chi connectivity index (χ2n) is 6.58. The van der Waals surface area contributed by atoms with Gasteiger partial charge in [0.05, 0.1) is 19.6 Å². The van der Waals surface area contributed by atoms with E-state index in [2.05, 4.69) is 32.8 Å². The second kappa shape index (κ2) is 12.3. The van der Waals surface area contributed by atoms with Crippen LogP contribution in [0.4, 0.5) is 4.79 Å². The molecule has 2 saturated heterocycles. The van der Waals surface area contributed by atoms with E-state index < -0.39 is 0 Å². The van der Waals surface area contributed by atoms with E-state index in [0.717, 1.165) is 38.4 Å². The molecule has 2 aliphatic rings. The van der Waals surface area contributed by atoms with Crippen LogP contribution in [0.25, 0.3) is 0 Å². The number of unbranched alkanes of at least 4 members (excludes halogenated alkanes) is 1. The third kappa shape index (κ3) is 7.26. The van der Waals surface area contributed by atoms with E-state index in [1.54, 1.807) is 0 Å². The van der Waals surface area contributed by atoms with Crippen LogP contribution in [-0.4, -0.2) is 79.6 Å². The zero-order valence-corrected chi connectivity index (χ0v) is 18.3. The number of rotatable bonds is 8. The number of amides is 3. The first-order chi connectivity index (χ1) is 12.1. The van der Waals surface area contributed by atoms with Gasteiger partial charge in [-0.15, -0.1) is 24.0 Å². The molecule has 0 aromatic rings. The van der Waals surface area contributed by atoms with E-state index in [0.29, 0.717) is 19.1 Å². The van der Waals surface area contributed by atoms with Gasteiger partial charge in [-0.2, -0.15) is 0 Å². The van der Waals surface area contributed by atoms with Gasteiger partial charge in [-0.3, -0.25) is 14.7 Å². The van der Waals surface area contributed by atoms with Crippen LogP contribution >= 0.6 is 24.0 Å². The van der Waals surface area contributed by atoms with Crippen molar-refractivity contribution < 1.29 is 9.59 Å². The molecule has 2 aliphatic heterocycles. The Morgan fingerprint density at radius 3 is 2.54 bits per heavy atom. The van der Waals surface area contributed by atoms with Crippen LogP contribution in [0, 0.1) is 0 Å². The van der Waals surface area contributed by atoms with E-state index in [9.17, 15) is 9.59 Å². The Balaban J connectivity index is 0.00000338. The summed E-state index contributed by atoms with van der Waals surface area (Å²) >= 11 is 0. The quantitative estimate of drug-likeness (QED) is 0.209. The van der Waals surface area contributed by atoms with Gasteiger partial charge in [0.15, 0.2) is 5.96 Å². The first-order valence-electron chi connectivity index (χ1n) is 9.49. The number of guanidine groups is 1. The molecule has 0 atom stereocenters. The smallest absolute Gasteiger partial charge is 0.324 e. The van der Waals surface area contributed by atoms with Crippen molar-refractivity contribution in [3.8, 4) is 0 Å². The van der Waals surface area contributed by atoms with Gasteiger partial charge in [-0.1, -0.05) is 13.3 Å². The number of likely N-dealkylation sites (tertiary alicyclic amines) is 1. The van der Waals surface area contributed by atoms with Crippen LogP contribution in [0.3, 0.4) is 0 Å². The molecule has 0 radical (unpaired) electrons. The van der Waals surface area contributed by atoms with Gasteiger partial charge < -0.3 is 20.9 Å². The molecule has 0 bridgehead atoms. The predicted molar refractivity (Wildman–Crippen MR) is 114 cm³/mol. The molecule has 0 unspecified atom stereocenters. The van der Waals surface area contributed by atoms with Crippen molar-refractivity contribution in [3.63, 3.8) is 0 Å². The first-order valence-corrected chi connectivity index (χ1v) is 9.49. The van der Waals surface area contributed by atoms with E-state index in [-0.39, 0.29) is 42.5 Å². The highest BCUT2D eigenvalue weighted by molar-refractivity contribution is 14.0. The SMILES string of the molecule is CCCCN1CCC(NC(=NCCN2C(=O)CNC2=O)NCC)CC1.I. The van der Waals surface area contributed by atoms with Gasteiger partial charge >= 0.3 is 6.03 Å². The van der Waals surface area contributed by atoms with Gasteiger partial charge in [-0.05, 0) is 32.7 Å². The highest BCUT2D eigenvalue weighted by atomic mass is 127. The van der Waals surface area contributed by atoms with E-state index in [1.165, 1.54) is 24.3 Å². The fraction of sp³-hybridized carbons (Fsp3) is 0.824. The number of urea groups is 1. The van der Waals surface area contributed by atoms with Gasteiger partial charge in [0.2, 0.25) is 5.91 Å². The van der Waals surface area contributed by atoms with Crippen molar-refractivity contribution in [1.29, 1.82) is 0 Å². The van der Waals surface area contributed by atoms with Crippen molar-refractivity contribution in [2.24, 2.45) is 4.99 Å². The van der Waals surface area contributed by atoms with E-state index in [1.807, 2.05) is 6.92 Å². The molecule has 0 aromatic carbocycles. The van der Waals surface area contributed by atoms with Crippen LogP contribution in [0.5, 0.6) is 0 Å². The summed E-state index contributed by atoms with van der Waals surface area (Å²) in [4.78, 5) is 31.4. The zero-order valence-electron chi connectivity index (χ0n) is 15.9. The number of carbonyl (C=O) groups is 2. The van der Waals surface area contributed by atoms with Crippen LogP contribution in [0.2, 0.25) is 0 Å². The van der Waals surface area contributed by atoms with Crippen LogP contribution in [0.15, 0.2) is 4.99 Å². The summed E-state index contributed by atoms with van der Waals surface area (Å²) in [6.07, 6.45) is 4.74. The lowest BCUT2D eigenvalue weighted by Gasteiger charge is -2.33. The molecule has 0 spiro atoms. The van der Waals surface area contributed by atoms with Gasteiger partial charge in [-0.25, -0.2) is 4.79 Å². The minimum Gasteiger partial charge on any atom is -0.357 e. The maximum atomic E-state index is 11.6. The predicted octanol–water partition coefficient (Wildman–Crippen LogP) is 0.976. The fourth-order valence-corrected chi connectivity index (χ4v) is 3.14. The highest BCUT2D eigenvalue weighted by Crippen LogP contribution is 2.11. The average Bonchev–Trinajstić information content (AvgIpc) is 2.93. The summed E-state index contributed by atoms with van der Waals surface area (Å²) in [6.45, 7) is 9.31. The number of hydrogen-bond acceptors (Lipinski definition) is 4.